The molecule has 0 fully saturated rings. The summed E-state index contributed by atoms with van der Waals surface area (Å²) in [4.78, 5) is -0.190. The minimum absolute atomic E-state index is 0.190. The van der Waals surface area contributed by atoms with Gasteiger partial charge in [0.2, 0.25) is 0 Å². The number of benzene rings is 2. The average Bonchev–Trinajstić information content (AvgIpc) is 2.46. The van der Waals surface area contributed by atoms with E-state index in [9.17, 15) is 13.0 Å². The number of rotatable bonds is 3. The summed E-state index contributed by atoms with van der Waals surface area (Å²) in [5.41, 5.74) is 2.60. The lowest BCUT2D eigenvalue weighted by molar-refractivity contribution is 0.415. The second-order valence-corrected chi connectivity index (χ2v) is 6.10. The molecule has 4 nitrogen and oxygen atoms in total. The van der Waals surface area contributed by atoms with E-state index in [4.69, 9.17) is 4.74 Å². The molecule has 5 heteroatoms. The fraction of sp³-hybridized carbons (Fsp3) is 0.176. The number of aryl methyl sites for hydroxylation is 1. The van der Waals surface area contributed by atoms with Crippen LogP contribution in [0.25, 0.3) is 11.1 Å². The van der Waals surface area contributed by atoms with Crippen LogP contribution in [0.3, 0.4) is 0 Å². The highest BCUT2D eigenvalue weighted by atomic mass is 32.2. The second kappa shape index (κ2) is 6.22. The molecule has 114 valence electrons. The Balaban J connectivity index is 2.86. The zero-order valence-electron chi connectivity index (χ0n) is 12.5. The molecule has 0 unspecified atom stereocenters. The second-order valence-electron chi connectivity index (χ2n) is 4.71. The summed E-state index contributed by atoms with van der Waals surface area (Å²) in [5, 5.41) is 0. The van der Waals surface area contributed by atoms with E-state index in [1.54, 1.807) is 32.2 Å². The van der Waals surface area contributed by atoms with Gasteiger partial charge in [-0.15, -0.1) is 5.92 Å². The Morgan fingerprint density at radius 2 is 1.91 bits per heavy atom. The topological polar surface area (TPSA) is 63.6 Å². The van der Waals surface area contributed by atoms with E-state index in [1.807, 2.05) is 19.1 Å². The SMILES string of the molecule is CC#Cc1c(S(=O)(=O)O)ccc(C)c1-c1cccc(OC)c1. The number of methoxy groups -OCH3 is 1. The van der Waals surface area contributed by atoms with Gasteiger partial charge in [-0.25, -0.2) is 0 Å². The van der Waals surface area contributed by atoms with Crippen molar-refractivity contribution in [2.45, 2.75) is 18.7 Å². The fourth-order valence-electron chi connectivity index (χ4n) is 2.30. The maximum absolute atomic E-state index is 11.6. The Bertz CT molecular complexity index is 871. The van der Waals surface area contributed by atoms with Crippen LogP contribution >= 0.6 is 0 Å². The summed E-state index contributed by atoms with van der Waals surface area (Å²) >= 11 is 0. The van der Waals surface area contributed by atoms with E-state index < -0.39 is 10.1 Å². The standard InChI is InChI=1S/C17H16O4S/c1-4-6-15-16(22(18,19)20)10-9-12(2)17(15)13-7-5-8-14(11-13)21-3/h5,7-11H,1-3H3,(H,18,19,20). The van der Waals surface area contributed by atoms with Gasteiger partial charge in [-0.2, -0.15) is 8.42 Å². The Labute approximate surface area is 130 Å². The predicted octanol–water partition coefficient (Wildman–Crippen LogP) is 3.29. The first-order valence-electron chi connectivity index (χ1n) is 6.56. The van der Waals surface area contributed by atoms with Gasteiger partial charge in [0.05, 0.1) is 12.7 Å². The molecule has 0 aliphatic carbocycles. The highest BCUT2D eigenvalue weighted by Gasteiger charge is 2.20. The lowest BCUT2D eigenvalue weighted by atomic mass is 9.95. The van der Waals surface area contributed by atoms with Crippen molar-refractivity contribution in [1.82, 2.24) is 0 Å². The van der Waals surface area contributed by atoms with E-state index >= 15 is 0 Å². The Kier molecular flexibility index (Phi) is 4.55. The highest BCUT2D eigenvalue weighted by molar-refractivity contribution is 7.85. The highest BCUT2D eigenvalue weighted by Crippen LogP contribution is 2.33. The first-order chi connectivity index (χ1) is 10.4. The molecule has 0 spiro atoms. The molecule has 22 heavy (non-hydrogen) atoms. The van der Waals surface area contributed by atoms with Crippen molar-refractivity contribution in [2.75, 3.05) is 7.11 Å². The smallest absolute Gasteiger partial charge is 0.295 e. The third-order valence-electron chi connectivity index (χ3n) is 3.26. The van der Waals surface area contributed by atoms with Crippen LogP contribution in [0.15, 0.2) is 41.3 Å². The summed E-state index contributed by atoms with van der Waals surface area (Å²) in [5.74, 6) is 6.16. The third kappa shape index (κ3) is 3.14. The van der Waals surface area contributed by atoms with Gasteiger partial charge >= 0.3 is 0 Å². The van der Waals surface area contributed by atoms with Gasteiger partial charge < -0.3 is 4.74 Å². The molecular formula is C17H16O4S. The van der Waals surface area contributed by atoms with Crippen LogP contribution in [0.1, 0.15) is 18.1 Å². The van der Waals surface area contributed by atoms with Crippen LogP contribution in [0.5, 0.6) is 5.75 Å². The Hall–Kier alpha value is -2.29. The van der Waals surface area contributed by atoms with E-state index in [2.05, 4.69) is 11.8 Å². The molecular weight excluding hydrogens is 300 g/mol. The third-order valence-corrected chi connectivity index (χ3v) is 4.16. The van der Waals surface area contributed by atoms with Crippen LogP contribution < -0.4 is 4.74 Å². The van der Waals surface area contributed by atoms with Crippen LogP contribution in [0, 0.1) is 18.8 Å². The number of hydrogen-bond acceptors (Lipinski definition) is 3. The van der Waals surface area contributed by atoms with Gasteiger partial charge in [0.25, 0.3) is 10.1 Å². The molecule has 0 saturated heterocycles. The molecule has 0 aliphatic heterocycles. The summed E-state index contributed by atoms with van der Waals surface area (Å²) in [6.07, 6.45) is 0. The summed E-state index contributed by atoms with van der Waals surface area (Å²) in [6, 6.07) is 10.3. The van der Waals surface area contributed by atoms with Crippen molar-refractivity contribution in [3.05, 3.63) is 47.5 Å². The molecule has 1 N–H and O–H groups in total. The van der Waals surface area contributed by atoms with Crippen LogP contribution in [-0.2, 0) is 10.1 Å². The lowest BCUT2D eigenvalue weighted by Gasteiger charge is -2.13. The van der Waals surface area contributed by atoms with Crippen molar-refractivity contribution in [1.29, 1.82) is 0 Å². The van der Waals surface area contributed by atoms with Crippen LogP contribution in [-0.4, -0.2) is 20.1 Å². The van der Waals surface area contributed by atoms with Gasteiger partial charge in [0, 0.05) is 5.56 Å². The quantitative estimate of drug-likeness (QED) is 0.697. The van der Waals surface area contributed by atoms with Gasteiger partial charge in [-0.3, -0.25) is 4.55 Å². The lowest BCUT2D eigenvalue weighted by Crippen LogP contribution is -2.04. The van der Waals surface area contributed by atoms with Gasteiger partial charge in [0.1, 0.15) is 10.6 Å². The molecule has 0 aromatic heterocycles. The molecule has 0 atom stereocenters. The van der Waals surface area contributed by atoms with Gasteiger partial charge in [-0.05, 0) is 43.2 Å². The largest absolute Gasteiger partial charge is 0.497 e. The fourth-order valence-corrected chi connectivity index (χ4v) is 2.95. The minimum Gasteiger partial charge on any atom is -0.497 e. The summed E-state index contributed by atoms with van der Waals surface area (Å²) < 4.78 is 37.9. The zero-order valence-corrected chi connectivity index (χ0v) is 13.4. The van der Waals surface area contributed by atoms with E-state index in [0.29, 0.717) is 16.9 Å². The van der Waals surface area contributed by atoms with Crippen molar-refractivity contribution in [2.24, 2.45) is 0 Å². The van der Waals surface area contributed by atoms with Crippen molar-refractivity contribution in [3.63, 3.8) is 0 Å². The summed E-state index contributed by atoms with van der Waals surface area (Å²) in [6.45, 7) is 3.48. The zero-order chi connectivity index (χ0) is 16.3. The monoisotopic (exact) mass is 316 g/mol. The average molecular weight is 316 g/mol. The first-order valence-corrected chi connectivity index (χ1v) is 8.00. The maximum atomic E-state index is 11.6. The molecule has 0 aliphatic rings. The van der Waals surface area contributed by atoms with Crippen molar-refractivity contribution in [3.8, 4) is 28.7 Å². The van der Waals surface area contributed by atoms with Crippen molar-refractivity contribution < 1.29 is 17.7 Å². The molecule has 2 aromatic rings. The summed E-state index contributed by atoms with van der Waals surface area (Å²) in [7, 11) is -2.79. The van der Waals surface area contributed by atoms with E-state index in [0.717, 1.165) is 11.1 Å². The Morgan fingerprint density at radius 3 is 2.50 bits per heavy atom. The molecule has 0 heterocycles. The van der Waals surface area contributed by atoms with Crippen LogP contribution in [0.2, 0.25) is 0 Å². The maximum Gasteiger partial charge on any atom is 0.295 e. The molecule has 0 amide bonds. The molecule has 2 rings (SSSR count). The normalized spacial score (nSPS) is 10.7. The Morgan fingerprint density at radius 1 is 1.18 bits per heavy atom. The molecule has 0 radical (unpaired) electrons. The van der Waals surface area contributed by atoms with Crippen LogP contribution in [0.4, 0.5) is 0 Å². The van der Waals surface area contributed by atoms with Gasteiger partial charge in [0.15, 0.2) is 0 Å². The van der Waals surface area contributed by atoms with E-state index in [-0.39, 0.29) is 4.90 Å². The van der Waals surface area contributed by atoms with Gasteiger partial charge in [-0.1, -0.05) is 24.1 Å². The molecule has 0 saturated carbocycles. The minimum atomic E-state index is -4.35. The molecule has 2 aromatic carbocycles. The predicted molar refractivity (Wildman–Crippen MR) is 85.5 cm³/mol. The first kappa shape index (κ1) is 16.1. The molecule has 0 bridgehead atoms. The van der Waals surface area contributed by atoms with E-state index in [1.165, 1.54) is 6.07 Å². The number of ether oxygens (including phenoxy) is 1. The van der Waals surface area contributed by atoms with Crippen molar-refractivity contribution >= 4 is 10.1 Å². The number of hydrogen-bond donors (Lipinski definition) is 1.